The predicted molar refractivity (Wildman–Crippen MR) is 99.6 cm³/mol. The smallest absolute Gasteiger partial charge is 0.264 e. The van der Waals surface area contributed by atoms with E-state index in [2.05, 4.69) is 0 Å². The Kier molecular flexibility index (Phi) is 4.23. The Labute approximate surface area is 153 Å². The first-order chi connectivity index (χ1) is 12.5. The van der Waals surface area contributed by atoms with E-state index in [9.17, 15) is 13.2 Å². The van der Waals surface area contributed by atoms with Gasteiger partial charge in [0.25, 0.3) is 10.0 Å². The number of nitrogens with zero attached hydrogens (tertiary/aromatic N) is 1. The Bertz CT molecular complexity index is 981. The number of ether oxygens (including phenoxy) is 1. The third-order valence-corrected chi connectivity index (χ3v) is 7.03. The maximum atomic E-state index is 13.3. The summed E-state index contributed by atoms with van der Waals surface area (Å²) in [7, 11) is -2.21. The number of ketones is 1. The van der Waals surface area contributed by atoms with Gasteiger partial charge in [0.15, 0.2) is 5.78 Å². The lowest BCUT2D eigenvalue weighted by atomic mass is 9.92. The monoisotopic (exact) mass is 371 g/mol. The number of hydrogen-bond acceptors (Lipinski definition) is 4. The zero-order valence-electron chi connectivity index (χ0n) is 14.7. The number of carbonyl (C=O) groups is 1. The lowest BCUT2D eigenvalue weighted by Gasteiger charge is -2.30. The average Bonchev–Trinajstić information content (AvgIpc) is 2.67. The second-order valence-corrected chi connectivity index (χ2v) is 8.63. The number of Topliss-reactive ketones (excluding diaryl/α,β-unsaturated/α-hetero) is 1. The topological polar surface area (TPSA) is 63.7 Å². The number of fused-ring (bicyclic) bond motifs is 2. The largest absolute Gasteiger partial charge is 0.497 e. The van der Waals surface area contributed by atoms with Gasteiger partial charge < -0.3 is 4.74 Å². The van der Waals surface area contributed by atoms with Crippen molar-refractivity contribution in [3.8, 4) is 5.75 Å². The fourth-order valence-electron chi connectivity index (χ4n) is 3.79. The number of methoxy groups -OCH3 is 1. The van der Waals surface area contributed by atoms with E-state index < -0.39 is 10.0 Å². The highest BCUT2D eigenvalue weighted by molar-refractivity contribution is 7.92. The van der Waals surface area contributed by atoms with Crippen molar-refractivity contribution in [2.45, 2.75) is 37.0 Å². The van der Waals surface area contributed by atoms with Crippen LogP contribution in [0.15, 0.2) is 41.3 Å². The molecule has 0 amide bonds. The van der Waals surface area contributed by atoms with Gasteiger partial charge in [-0.1, -0.05) is 6.07 Å². The van der Waals surface area contributed by atoms with Gasteiger partial charge in [-0.05, 0) is 61.1 Å². The minimum Gasteiger partial charge on any atom is -0.497 e. The number of carbonyl (C=O) groups excluding carboxylic acids is 1. The molecular weight excluding hydrogens is 350 g/mol. The number of anilines is 1. The standard InChI is InChI=1S/C20H21NO4S/c1-25-16-7-9-18-19(13-16)21(11-10-20(18)22)26(23,24)17-8-6-14-4-2-3-5-15(14)12-17/h6-9,12-13H,2-5,10-11H2,1H3. The third-order valence-electron chi connectivity index (χ3n) is 5.22. The van der Waals surface area contributed by atoms with E-state index in [-0.39, 0.29) is 18.7 Å². The Hall–Kier alpha value is -2.34. The van der Waals surface area contributed by atoms with Crippen molar-refractivity contribution >= 4 is 21.5 Å². The minimum atomic E-state index is -3.73. The summed E-state index contributed by atoms with van der Waals surface area (Å²) in [5, 5.41) is 0. The SMILES string of the molecule is COc1ccc2c(c1)N(S(=O)(=O)c1ccc3c(c1)CCCC3)CCC2=O. The molecule has 0 radical (unpaired) electrons. The second-order valence-electron chi connectivity index (χ2n) is 6.77. The first-order valence-electron chi connectivity index (χ1n) is 8.86. The van der Waals surface area contributed by atoms with Crippen LogP contribution in [0.25, 0.3) is 0 Å². The van der Waals surface area contributed by atoms with Crippen LogP contribution < -0.4 is 9.04 Å². The highest BCUT2D eigenvalue weighted by atomic mass is 32.2. The molecular formula is C20H21NO4S. The molecule has 4 rings (SSSR count). The summed E-state index contributed by atoms with van der Waals surface area (Å²) in [6, 6.07) is 10.4. The van der Waals surface area contributed by atoms with Gasteiger partial charge in [-0.25, -0.2) is 8.42 Å². The van der Waals surface area contributed by atoms with Crippen LogP contribution >= 0.6 is 0 Å². The van der Waals surface area contributed by atoms with Gasteiger partial charge in [0, 0.05) is 24.6 Å². The van der Waals surface area contributed by atoms with Crippen LogP contribution in [0.4, 0.5) is 5.69 Å². The van der Waals surface area contributed by atoms with Crippen LogP contribution in [0.1, 0.15) is 40.7 Å². The Balaban J connectivity index is 1.80. The van der Waals surface area contributed by atoms with Crippen LogP contribution in [0, 0.1) is 0 Å². The van der Waals surface area contributed by atoms with E-state index >= 15 is 0 Å². The van der Waals surface area contributed by atoms with Crippen molar-refractivity contribution in [1.82, 2.24) is 0 Å². The molecule has 0 spiro atoms. The molecule has 0 atom stereocenters. The van der Waals surface area contributed by atoms with Crippen molar-refractivity contribution in [1.29, 1.82) is 0 Å². The molecule has 0 unspecified atom stereocenters. The van der Waals surface area contributed by atoms with Crippen molar-refractivity contribution in [2.75, 3.05) is 18.0 Å². The molecule has 136 valence electrons. The molecule has 0 bridgehead atoms. The highest BCUT2D eigenvalue weighted by Gasteiger charge is 2.33. The third kappa shape index (κ3) is 2.78. The first kappa shape index (κ1) is 17.1. The molecule has 0 fully saturated rings. The van der Waals surface area contributed by atoms with E-state index in [1.165, 1.54) is 17.0 Å². The Morgan fingerprint density at radius 2 is 1.73 bits per heavy atom. The summed E-state index contributed by atoms with van der Waals surface area (Å²) >= 11 is 0. The Morgan fingerprint density at radius 1 is 0.962 bits per heavy atom. The van der Waals surface area contributed by atoms with Crippen LogP contribution in [-0.2, 0) is 22.9 Å². The summed E-state index contributed by atoms with van der Waals surface area (Å²) < 4.78 is 33.2. The number of rotatable bonds is 3. The fourth-order valence-corrected chi connectivity index (χ4v) is 5.31. The number of hydrogen-bond donors (Lipinski definition) is 0. The first-order valence-corrected chi connectivity index (χ1v) is 10.3. The van der Waals surface area contributed by atoms with Gasteiger partial charge in [-0.15, -0.1) is 0 Å². The normalized spacial score (nSPS) is 16.8. The zero-order valence-corrected chi connectivity index (χ0v) is 15.5. The van der Waals surface area contributed by atoms with Crippen molar-refractivity contribution in [3.63, 3.8) is 0 Å². The fraction of sp³-hybridized carbons (Fsp3) is 0.350. The molecule has 1 aliphatic heterocycles. The molecule has 2 aromatic rings. The Morgan fingerprint density at radius 3 is 2.50 bits per heavy atom. The molecule has 0 saturated carbocycles. The molecule has 1 aliphatic carbocycles. The molecule has 5 nitrogen and oxygen atoms in total. The summed E-state index contributed by atoms with van der Waals surface area (Å²) in [4.78, 5) is 12.5. The molecule has 2 aromatic carbocycles. The number of benzene rings is 2. The van der Waals surface area contributed by atoms with Gasteiger partial charge >= 0.3 is 0 Å². The molecule has 0 saturated heterocycles. The second kappa shape index (κ2) is 6.43. The summed E-state index contributed by atoms with van der Waals surface area (Å²) in [6.45, 7) is 0.151. The van der Waals surface area contributed by atoms with E-state index in [0.717, 1.165) is 31.2 Å². The van der Waals surface area contributed by atoms with Crippen LogP contribution in [-0.4, -0.2) is 27.9 Å². The van der Waals surface area contributed by atoms with Crippen LogP contribution in [0.3, 0.4) is 0 Å². The van der Waals surface area contributed by atoms with Gasteiger partial charge in [0.05, 0.1) is 17.7 Å². The maximum absolute atomic E-state index is 13.3. The predicted octanol–water partition coefficient (Wildman–Crippen LogP) is 3.36. The summed E-state index contributed by atoms with van der Waals surface area (Å²) in [6.07, 6.45) is 4.36. The summed E-state index contributed by atoms with van der Waals surface area (Å²) in [5.74, 6) is 0.489. The van der Waals surface area contributed by atoms with Gasteiger partial charge in [-0.2, -0.15) is 0 Å². The molecule has 26 heavy (non-hydrogen) atoms. The zero-order chi connectivity index (χ0) is 18.3. The van der Waals surface area contributed by atoms with Crippen molar-refractivity contribution in [3.05, 3.63) is 53.1 Å². The lowest BCUT2D eigenvalue weighted by molar-refractivity contribution is 0.0982. The highest BCUT2D eigenvalue weighted by Crippen LogP contribution is 2.35. The quantitative estimate of drug-likeness (QED) is 0.830. The van der Waals surface area contributed by atoms with Crippen molar-refractivity contribution < 1.29 is 17.9 Å². The minimum absolute atomic E-state index is 0.0421. The van der Waals surface area contributed by atoms with Crippen LogP contribution in [0.2, 0.25) is 0 Å². The van der Waals surface area contributed by atoms with Gasteiger partial charge in [0.1, 0.15) is 5.75 Å². The molecule has 0 aromatic heterocycles. The molecule has 0 N–H and O–H groups in total. The number of aryl methyl sites for hydroxylation is 2. The van der Waals surface area contributed by atoms with Crippen LogP contribution in [0.5, 0.6) is 5.75 Å². The molecule has 1 heterocycles. The lowest BCUT2D eigenvalue weighted by Crippen LogP contribution is -2.37. The molecule has 6 heteroatoms. The van der Waals surface area contributed by atoms with E-state index in [1.807, 2.05) is 6.07 Å². The molecule has 2 aliphatic rings. The van der Waals surface area contributed by atoms with Gasteiger partial charge in [-0.3, -0.25) is 9.10 Å². The van der Waals surface area contributed by atoms with Gasteiger partial charge in [0.2, 0.25) is 0 Å². The number of sulfonamides is 1. The average molecular weight is 371 g/mol. The van der Waals surface area contributed by atoms with Crippen molar-refractivity contribution in [2.24, 2.45) is 0 Å². The van der Waals surface area contributed by atoms with E-state index in [4.69, 9.17) is 4.74 Å². The summed E-state index contributed by atoms with van der Waals surface area (Å²) in [5.41, 5.74) is 3.19. The van der Waals surface area contributed by atoms with E-state index in [0.29, 0.717) is 21.9 Å². The van der Waals surface area contributed by atoms with E-state index in [1.54, 1.807) is 30.3 Å². The maximum Gasteiger partial charge on any atom is 0.264 e.